The smallest absolute Gasteiger partial charge is 0.123 e. The van der Waals surface area contributed by atoms with Gasteiger partial charge in [0.15, 0.2) is 0 Å². The molecule has 0 saturated carbocycles. The van der Waals surface area contributed by atoms with Crippen LogP contribution in [0.1, 0.15) is 6.42 Å². The first-order valence-electron chi connectivity index (χ1n) is 12.3. The lowest BCUT2D eigenvalue weighted by Crippen LogP contribution is -2.49. The second-order valence-electron chi connectivity index (χ2n) is 9.00. The molecule has 2 N–H and O–H groups in total. The molecule has 0 spiro atoms. The Labute approximate surface area is 243 Å². The van der Waals surface area contributed by atoms with Crippen LogP contribution in [0.15, 0.2) is 78.9 Å². The average Bonchev–Trinajstić information content (AvgIpc) is 2.88. The zero-order valence-corrected chi connectivity index (χ0v) is 23.7. The second kappa shape index (κ2) is 17.5. The van der Waals surface area contributed by atoms with Gasteiger partial charge in [-0.1, -0.05) is 18.2 Å². The lowest BCUT2D eigenvalue weighted by atomic mass is 10.2. The minimum Gasteiger partial charge on any atom is -0.390 e. The quantitative estimate of drug-likeness (QED) is 0.294. The molecule has 3 aromatic rings. The summed E-state index contributed by atoms with van der Waals surface area (Å²) in [7, 11) is 0. The first-order chi connectivity index (χ1) is 17.1. The molecular formula is C28H37Cl3F2N4O. The molecule has 1 aliphatic heterocycles. The van der Waals surface area contributed by atoms with Crippen molar-refractivity contribution in [2.75, 3.05) is 62.6 Å². The summed E-state index contributed by atoms with van der Waals surface area (Å²) in [6.45, 7) is 6.69. The number of hydrogen-bond donors (Lipinski definition) is 2. The number of hydrogen-bond acceptors (Lipinski definition) is 5. The number of anilines is 3. The van der Waals surface area contributed by atoms with Gasteiger partial charge in [-0.2, -0.15) is 0 Å². The summed E-state index contributed by atoms with van der Waals surface area (Å²) in [5.74, 6) is -0.543. The third-order valence-corrected chi connectivity index (χ3v) is 6.38. The van der Waals surface area contributed by atoms with Crippen molar-refractivity contribution in [1.29, 1.82) is 0 Å². The lowest BCUT2D eigenvalue weighted by Gasteiger charge is -2.36. The highest BCUT2D eigenvalue weighted by molar-refractivity contribution is 5.86. The Morgan fingerprint density at radius 1 is 0.737 bits per heavy atom. The van der Waals surface area contributed by atoms with E-state index in [1.165, 1.54) is 24.3 Å². The third kappa shape index (κ3) is 10.6. The highest BCUT2D eigenvalue weighted by atomic mass is 35.5. The first kappa shape index (κ1) is 33.9. The van der Waals surface area contributed by atoms with Gasteiger partial charge < -0.3 is 20.2 Å². The van der Waals surface area contributed by atoms with E-state index in [2.05, 4.69) is 20.0 Å². The number of piperazine rings is 1. The maximum Gasteiger partial charge on any atom is 0.123 e. The molecule has 210 valence electrons. The molecule has 0 bridgehead atoms. The van der Waals surface area contributed by atoms with Crippen LogP contribution in [-0.2, 0) is 0 Å². The molecule has 0 aliphatic carbocycles. The van der Waals surface area contributed by atoms with Gasteiger partial charge in [0.1, 0.15) is 11.6 Å². The zero-order valence-electron chi connectivity index (χ0n) is 21.2. The van der Waals surface area contributed by atoms with E-state index in [0.29, 0.717) is 13.1 Å². The van der Waals surface area contributed by atoms with Crippen molar-refractivity contribution in [3.8, 4) is 0 Å². The molecule has 10 heteroatoms. The number of rotatable bonds is 11. The maximum atomic E-state index is 13.4. The molecule has 0 amide bonds. The number of para-hydroxylation sites is 1. The van der Waals surface area contributed by atoms with Gasteiger partial charge in [0.05, 0.1) is 6.10 Å². The molecular weight excluding hydrogens is 553 g/mol. The summed E-state index contributed by atoms with van der Waals surface area (Å²) < 4.78 is 26.9. The van der Waals surface area contributed by atoms with Crippen LogP contribution >= 0.6 is 37.2 Å². The molecule has 1 fully saturated rings. The minimum absolute atomic E-state index is 0. The van der Waals surface area contributed by atoms with Gasteiger partial charge in [0.25, 0.3) is 0 Å². The molecule has 1 heterocycles. The normalized spacial score (nSPS) is 14.4. The van der Waals surface area contributed by atoms with Crippen molar-refractivity contribution in [2.24, 2.45) is 0 Å². The van der Waals surface area contributed by atoms with Gasteiger partial charge in [-0.3, -0.25) is 4.90 Å². The molecule has 0 radical (unpaired) electrons. The standard InChI is InChI=1S/C28H34F2N4O.3ClH/c29-23-7-11-26(12-8-23)34(27-13-9-24(30)10-14-27)16-4-15-32-17-19-33(20-18-32)22-28(35)21-31-25-5-2-1-3-6-25;;;/h1-3,5-14,28,31,35H,4,15-22H2;3*1H. The number of β-amino-alcohol motifs (C(OH)–C–C–N with tert-alkyl or cyclic N) is 1. The monoisotopic (exact) mass is 588 g/mol. The predicted octanol–water partition coefficient (Wildman–Crippen LogP) is 5.85. The molecule has 1 saturated heterocycles. The summed E-state index contributed by atoms with van der Waals surface area (Å²) in [6, 6.07) is 22.8. The Kier molecular flexibility index (Phi) is 15.6. The fraction of sp³-hybridized carbons (Fsp3) is 0.357. The van der Waals surface area contributed by atoms with E-state index in [-0.39, 0.29) is 48.9 Å². The van der Waals surface area contributed by atoms with Crippen LogP contribution in [0.3, 0.4) is 0 Å². The summed E-state index contributed by atoms with van der Waals surface area (Å²) in [4.78, 5) is 6.86. The van der Waals surface area contributed by atoms with Crippen LogP contribution in [0.2, 0.25) is 0 Å². The topological polar surface area (TPSA) is 42.0 Å². The van der Waals surface area contributed by atoms with E-state index < -0.39 is 6.10 Å². The van der Waals surface area contributed by atoms with Crippen molar-refractivity contribution < 1.29 is 13.9 Å². The highest BCUT2D eigenvalue weighted by Crippen LogP contribution is 2.26. The molecule has 0 aromatic heterocycles. The van der Waals surface area contributed by atoms with Crippen molar-refractivity contribution in [3.05, 3.63) is 90.5 Å². The number of benzene rings is 3. The third-order valence-electron chi connectivity index (χ3n) is 6.38. The molecule has 1 unspecified atom stereocenters. The Hall–Kier alpha value is -2.13. The van der Waals surface area contributed by atoms with Gasteiger partial charge in [-0.15, -0.1) is 37.2 Å². The number of halogens is 5. The van der Waals surface area contributed by atoms with Crippen LogP contribution in [0.5, 0.6) is 0 Å². The van der Waals surface area contributed by atoms with E-state index in [4.69, 9.17) is 0 Å². The van der Waals surface area contributed by atoms with Crippen LogP contribution in [0.4, 0.5) is 25.8 Å². The van der Waals surface area contributed by atoms with Gasteiger partial charge in [-0.25, -0.2) is 8.78 Å². The maximum absolute atomic E-state index is 13.4. The summed E-state index contributed by atoms with van der Waals surface area (Å²) in [5.41, 5.74) is 2.80. The molecule has 1 atom stereocenters. The Balaban J connectivity index is 0.00000241. The summed E-state index contributed by atoms with van der Waals surface area (Å²) in [6.07, 6.45) is 0.514. The fourth-order valence-corrected chi connectivity index (χ4v) is 4.45. The van der Waals surface area contributed by atoms with E-state index >= 15 is 0 Å². The highest BCUT2D eigenvalue weighted by Gasteiger charge is 2.19. The fourth-order valence-electron chi connectivity index (χ4n) is 4.45. The zero-order chi connectivity index (χ0) is 24.5. The van der Waals surface area contributed by atoms with Crippen molar-refractivity contribution >= 4 is 54.3 Å². The summed E-state index contributed by atoms with van der Waals surface area (Å²) in [5, 5.41) is 13.7. The van der Waals surface area contributed by atoms with E-state index in [1.54, 1.807) is 24.3 Å². The van der Waals surface area contributed by atoms with Crippen LogP contribution < -0.4 is 10.2 Å². The Morgan fingerprint density at radius 2 is 1.24 bits per heavy atom. The molecule has 3 aromatic carbocycles. The van der Waals surface area contributed by atoms with Crippen LogP contribution in [0.25, 0.3) is 0 Å². The van der Waals surface area contributed by atoms with E-state index in [0.717, 1.165) is 62.8 Å². The van der Waals surface area contributed by atoms with E-state index in [1.807, 2.05) is 30.3 Å². The second-order valence-corrected chi connectivity index (χ2v) is 9.00. The van der Waals surface area contributed by atoms with Gasteiger partial charge in [0.2, 0.25) is 0 Å². The number of aliphatic hydroxyl groups excluding tert-OH is 1. The first-order valence-corrected chi connectivity index (χ1v) is 12.3. The Morgan fingerprint density at radius 3 is 1.76 bits per heavy atom. The average molecular weight is 590 g/mol. The van der Waals surface area contributed by atoms with Crippen LogP contribution in [-0.4, -0.2) is 73.4 Å². The number of aliphatic hydroxyl groups is 1. The Bertz CT molecular complexity index is 979. The number of nitrogens with one attached hydrogen (secondary N) is 1. The largest absolute Gasteiger partial charge is 0.390 e. The molecule has 1 aliphatic rings. The molecule has 4 rings (SSSR count). The molecule has 5 nitrogen and oxygen atoms in total. The minimum atomic E-state index is -0.415. The summed E-state index contributed by atoms with van der Waals surface area (Å²) >= 11 is 0. The van der Waals surface area contributed by atoms with Crippen molar-refractivity contribution in [1.82, 2.24) is 9.80 Å². The number of nitrogens with zero attached hydrogens (tertiary/aromatic N) is 3. The SMILES string of the molecule is Cl.Cl.Cl.OC(CNc1ccccc1)CN1CCN(CCCN(c2ccc(F)cc2)c2ccc(F)cc2)CC1. The van der Waals surface area contributed by atoms with Crippen molar-refractivity contribution in [2.45, 2.75) is 12.5 Å². The lowest BCUT2D eigenvalue weighted by molar-refractivity contribution is 0.0781. The van der Waals surface area contributed by atoms with Gasteiger partial charge >= 0.3 is 0 Å². The van der Waals surface area contributed by atoms with Gasteiger partial charge in [0, 0.05) is 62.9 Å². The van der Waals surface area contributed by atoms with E-state index in [9.17, 15) is 13.9 Å². The predicted molar refractivity (Wildman–Crippen MR) is 160 cm³/mol. The van der Waals surface area contributed by atoms with Gasteiger partial charge in [-0.05, 0) is 73.6 Å². The van der Waals surface area contributed by atoms with Crippen molar-refractivity contribution in [3.63, 3.8) is 0 Å². The van der Waals surface area contributed by atoms with Crippen LogP contribution in [0, 0.1) is 11.6 Å². The molecule has 38 heavy (non-hydrogen) atoms.